The Morgan fingerprint density at radius 1 is 0.969 bits per heavy atom. The van der Waals surface area contributed by atoms with Crippen molar-refractivity contribution in [2.45, 2.75) is 20.3 Å². The molecule has 0 saturated carbocycles. The standard InChI is InChI=1S/C23H27N7O2/c1-3-28-12-14-29(15-13-28)22(31)16-18-4-8-20(9-5-18)24-23(32)19-6-10-21(11-7-19)30-17(2)25-26-27-30/h4-11H,3,12-16H2,1-2H3,(H,24,32). The molecule has 9 heteroatoms. The summed E-state index contributed by atoms with van der Waals surface area (Å²) in [6.07, 6.45) is 0.373. The Labute approximate surface area is 187 Å². The van der Waals surface area contributed by atoms with E-state index in [4.69, 9.17) is 0 Å². The summed E-state index contributed by atoms with van der Waals surface area (Å²) in [7, 11) is 0. The second-order valence-corrected chi connectivity index (χ2v) is 7.83. The number of rotatable bonds is 6. The van der Waals surface area contributed by atoms with E-state index in [1.165, 1.54) is 0 Å². The number of benzene rings is 2. The number of anilines is 1. The number of tetrazole rings is 1. The number of hydrogen-bond donors (Lipinski definition) is 1. The predicted octanol–water partition coefficient (Wildman–Crippen LogP) is 1.93. The molecular formula is C23H27N7O2. The number of nitrogens with zero attached hydrogens (tertiary/aromatic N) is 6. The van der Waals surface area contributed by atoms with Crippen LogP contribution in [0.1, 0.15) is 28.7 Å². The summed E-state index contributed by atoms with van der Waals surface area (Å²) in [4.78, 5) is 29.4. The molecule has 1 N–H and O–H groups in total. The molecule has 0 radical (unpaired) electrons. The number of amides is 2. The van der Waals surface area contributed by atoms with Gasteiger partial charge < -0.3 is 15.1 Å². The monoisotopic (exact) mass is 433 g/mol. The van der Waals surface area contributed by atoms with Gasteiger partial charge in [-0.2, -0.15) is 4.68 Å². The molecule has 1 fully saturated rings. The van der Waals surface area contributed by atoms with Crippen molar-refractivity contribution < 1.29 is 9.59 Å². The molecular weight excluding hydrogens is 406 g/mol. The molecule has 3 aromatic rings. The lowest BCUT2D eigenvalue weighted by molar-refractivity contribution is -0.132. The molecule has 0 unspecified atom stereocenters. The van der Waals surface area contributed by atoms with E-state index in [0.29, 0.717) is 23.5 Å². The summed E-state index contributed by atoms with van der Waals surface area (Å²) < 4.78 is 1.60. The predicted molar refractivity (Wildman–Crippen MR) is 121 cm³/mol. The third-order valence-electron chi connectivity index (χ3n) is 5.74. The first-order valence-corrected chi connectivity index (χ1v) is 10.8. The number of hydrogen-bond acceptors (Lipinski definition) is 6. The molecule has 0 aliphatic carbocycles. The number of carbonyl (C=O) groups is 2. The summed E-state index contributed by atoms with van der Waals surface area (Å²) in [5, 5.41) is 14.3. The minimum Gasteiger partial charge on any atom is -0.340 e. The van der Waals surface area contributed by atoms with E-state index in [9.17, 15) is 9.59 Å². The Kier molecular flexibility index (Phi) is 6.55. The van der Waals surface area contributed by atoms with Gasteiger partial charge in [-0.1, -0.05) is 19.1 Å². The number of aromatic nitrogens is 4. The normalized spacial score (nSPS) is 14.4. The Hall–Kier alpha value is -3.59. The highest BCUT2D eigenvalue weighted by atomic mass is 16.2. The zero-order valence-electron chi connectivity index (χ0n) is 18.4. The molecule has 1 aliphatic heterocycles. The molecule has 1 aliphatic rings. The molecule has 166 valence electrons. The number of piperazine rings is 1. The van der Waals surface area contributed by atoms with Gasteiger partial charge in [-0.3, -0.25) is 9.59 Å². The van der Waals surface area contributed by atoms with Gasteiger partial charge in [-0.05, 0) is 65.9 Å². The number of carbonyl (C=O) groups excluding carboxylic acids is 2. The average Bonchev–Trinajstić information content (AvgIpc) is 3.26. The average molecular weight is 434 g/mol. The van der Waals surface area contributed by atoms with Crippen LogP contribution in [0.4, 0.5) is 5.69 Å². The molecule has 9 nitrogen and oxygen atoms in total. The van der Waals surface area contributed by atoms with Crippen LogP contribution in [0.3, 0.4) is 0 Å². The summed E-state index contributed by atoms with van der Waals surface area (Å²) in [5.41, 5.74) is 2.94. The maximum absolute atomic E-state index is 12.6. The fourth-order valence-corrected chi connectivity index (χ4v) is 3.73. The Bertz CT molecular complexity index is 1070. The van der Waals surface area contributed by atoms with Crippen molar-refractivity contribution >= 4 is 17.5 Å². The topological polar surface area (TPSA) is 96.2 Å². The molecule has 2 heterocycles. The molecule has 2 amide bonds. The number of likely N-dealkylation sites (N-methyl/N-ethyl adjacent to an activating group) is 1. The van der Waals surface area contributed by atoms with E-state index in [-0.39, 0.29) is 11.8 Å². The van der Waals surface area contributed by atoms with Crippen molar-refractivity contribution in [1.82, 2.24) is 30.0 Å². The zero-order chi connectivity index (χ0) is 22.5. The Morgan fingerprint density at radius 2 is 1.66 bits per heavy atom. The highest BCUT2D eigenvalue weighted by Gasteiger charge is 2.20. The van der Waals surface area contributed by atoms with Gasteiger partial charge in [-0.15, -0.1) is 5.10 Å². The van der Waals surface area contributed by atoms with Crippen molar-refractivity contribution in [2.24, 2.45) is 0 Å². The molecule has 0 atom stereocenters. The van der Waals surface area contributed by atoms with Crippen LogP contribution in [0.25, 0.3) is 5.69 Å². The first-order chi connectivity index (χ1) is 15.5. The van der Waals surface area contributed by atoms with Crippen molar-refractivity contribution in [3.8, 4) is 5.69 Å². The van der Waals surface area contributed by atoms with Gasteiger partial charge in [0.2, 0.25) is 5.91 Å². The van der Waals surface area contributed by atoms with Crippen LogP contribution >= 0.6 is 0 Å². The molecule has 2 aromatic carbocycles. The first kappa shape index (κ1) is 21.6. The highest BCUT2D eigenvalue weighted by molar-refractivity contribution is 6.04. The van der Waals surface area contributed by atoms with E-state index < -0.39 is 0 Å². The van der Waals surface area contributed by atoms with Gasteiger partial charge in [0.15, 0.2) is 5.82 Å². The number of aryl methyl sites for hydroxylation is 1. The highest BCUT2D eigenvalue weighted by Crippen LogP contribution is 2.15. The Morgan fingerprint density at radius 3 is 2.25 bits per heavy atom. The van der Waals surface area contributed by atoms with Gasteiger partial charge in [0, 0.05) is 37.4 Å². The van der Waals surface area contributed by atoms with E-state index >= 15 is 0 Å². The Balaban J connectivity index is 1.32. The summed E-state index contributed by atoms with van der Waals surface area (Å²) in [5.74, 6) is 0.613. The third kappa shape index (κ3) is 5.00. The smallest absolute Gasteiger partial charge is 0.255 e. The summed E-state index contributed by atoms with van der Waals surface area (Å²) >= 11 is 0. The van der Waals surface area contributed by atoms with Crippen LogP contribution in [0.15, 0.2) is 48.5 Å². The third-order valence-corrected chi connectivity index (χ3v) is 5.74. The number of nitrogens with one attached hydrogen (secondary N) is 1. The molecule has 4 rings (SSSR count). The largest absolute Gasteiger partial charge is 0.340 e. The fraction of sp³-hybridized carbons (Fsp3) is 0.348. The minimum absolute atomic E-state index is 0.149. The van der Waals surface area contributed by atoms with Gasteiger partial charge in [0.1, 0.15) is 0 Å². The summed E-state index contributed by atoms with van der Waals surface area (Å²) in [6.45, 7) is 8.42. The van der Waals surface area contributed by atoms with Crippen molar-refractivity contribution in [3.63, 3.8) is 0 Å². The molecule has 1 saturated heterocycles. The molecule has 32 heavy (non-hydrogen) atoms. The zero-order valence-corrected chi connectivity index (χ0v) is 18.4. The molecule has 0 spiro atoms. The van der Waals surface area contributed by atoms with Crippen molar-refractivity contribution in [1.29, 1.82) is 0 Å². The van der Waals surface area contributed by atoms with Crippen molar-refractivity contribution in [3.05, 3.63) is 65.5 Å². The van der Waals surface area contributed by atoms with Crippen LogP contribution in [0.5, 0.6) is 0 Å². The van der Waals surface area contributed by atoms with Crippen molar-refractivity contribution in [2.75, 3.05) is 38.0 Å². The second kappa shape index (κ2) is 9.69. The van der Waals surface area contributed by atoms with Crippen LogP contribution in [-0.2, 0) is 11.2 Å². The van der Waals surface area contributed by atoms with E-state index in [0.717, 1.165) is 44.0 Å². The van der Waals surface area contributed by atoms with E-state index in [2.05, 4.69) is 32.7 Å². The van der Waals surface area contributed by atoms with Gasteiger partial charge in [0.25, 0.3) is 5.91 Å². The molecule has 1 aromatic heterocycles. The SMILES string of the molecule is CCN1CCN(C(=O)Cc2ccc(NC(=O)c3ccc(-n4nnnc4C)cc3)cc2)CC1. The van der Waals surface area contributed by atoms with Crippen LogP contribution in [0, 0.1) is 6.92 Å². The quantitative estimate of drug-likeness (QED) is 0.638. The lowest BCUT2D eigenvalue weighted by Crippen LogP contribution is -2.48. The summed E-state index contributed by atoms with van der Waals surface area (Å²) in [6, 6.07) is 14.5. The maximum atomic E-state index is 12.6. The minimum atomic E-state index is -0.206. The van der Waals surface area contributed by atoms with E-state index in [1.54, 1.807) is 28.9 Å². The van der Waals surface area contributed by atoms with Gasteiger partial charge in [0.05, 0.1) is 12.1 Å². The fourth-order valence-electron chi connectivity index (χ4n) is 3.73. The second-order valence-electron chi connectivity index (χ2n) is 7.83. The van der Waals surface area contributed by atoms with Crippen LogP contribution in [-0.4, -0.2) is 74.5 Å². The lowest BCUT2D eigenvalue weighted by Gasteiger charge is -2.34. The van der Waals surface area contributed by atoms with Gasteiger partial charge >= 0.3 is 0 Å². The van der Waals surface area contributed by atoms with Gasteiger partial charge in [-0.25, -0.2) is 0 Å². The van der Waals surface area contributed by atoms with E-state index in [1.807, 2.05) is 36.1 Å². The first-order valence-electron chi connectivity index (χ1n) is 10.8. The van der Waals surface area contributed by atoms with Crippen LogP contribution in [0.2, 0.25) is 0 Å². The maximum Gasteiger partial charge on any atom is 0.255 e. The molecule has 0 bridgehead atoms. The lowest BCUT2D eigenvalue weighted by atomic mass is 10.1. The van der Waals surface area contributed by atoms with Crippen LogP contribution < -0.4 is 5.32 Å².